The maximum absolute atomic E-state index is 12.9. The first-order valence-corrected chi connectivity index (χ1v) is 8.38. The maximum Gasteiger partial charge on any atom is 0.229 e. The number of carbonyl (C=O) groups is 1. The molecule has 0 saturated carbocycles. The second kappa shape index (κ2) is 8.25. The number of benzene rings is 2. The Balaban J connectivity index is 1.51. The van der Waals surface area contributed by atoms with Crippen LogP contribution in [0.4, 0.5) is 15.9 Å². The summed E-state index contributed by atoms with van der Waals surface area (Å²) in [6.07, 6.45) is 1.86. The second-order valence-electron chi connectivity index (χ2n) is 6.12. The van der Waals surface area contributed by atoms with Crippen molar-refractivity contribution < 1.29 is 9.18 Å². The van der Waals surface area contributed by atoms with E-state index < -0.39 is 0 Å². The third-order valence-electron chi connectivity index (χ3n) is 3.93. The molecule has 4 nitrogen and oxygen atoms in total. The number of anilines is 2. The molecule has 0 bridgehead atoms. The Morgan fingerprint density at radius 2 is 1.65 bits per heavy atom. The van der Waals surface area contributed by atoms with E-state index in [4.69, 9.17) is 0 Å². The van der Waals surface area contributed by atoms with Crippen LogP contribution in [0.1, 0.15) is 16.7 Å². The molecule has 26 heavy (non-hydrogen) atoms. The Hall–Kier alpha value is -3.21. The van der Waals surface area contributed by atoms with E-state index in [1.165, 1.54) is 23.3 Å². The van der Waals surface area contributed by atoms with Crippen molar-refractivity contribution in [2.75, 3.05) is 10.6 Å². The van der Waals surface area contributed by atoms with E-state index in [0.29, 0.717) is 12.4 Å². The van der Waals surface area contributed by atoms with Gasteiger partial charge in [-0.15, -0.1) is 0 Å². The summed E-state index contributed by atoms with van der Waals surface area (Å²) in [7, 11) is 0. The molecule has 1 heterocycles. The van der Waals surface area contributed by atoms with Gasteiger partial charge in [0, 0.05) is 6.54 Å². The van der Waals surface area contributed by atoms with Crippen LogP contribution >= 0.6 is 0 Å². The standard InChI is InChI=1S/C21H20FN3O/c1-15-2-4-17(5-3-15)13-23-19-10-11-20(24-14-19)25-21(26)12-16-6-8-18(22)9-7-16/h2-11,14,23H,12-13H2,1H3,(H,24,25,26). The van der Waals surface area contributed by atoms with Crippen molar-refractivity contribution in [3.8, 4) is 0 Å². The largest absolute Gasteiger partial charge is 0.380 e. The first-order valence-electron chi connectivity index (χ1n) is 8.38. The summed E-state index contributed by atoms with van der Waals surface area (Å²) in [5.74, 6) is -0.0213. The molecule has 0 unspecified atom stereocenters. The number of pyridine rings is 1. The molecule has 0 atom stereocenters. The molecule has 0 radical (unpaired) electrons. The molecule has 3 aromatic rings. The lowest BCUT2D eigenvalue weighted by Crippen LogP contribution is -2.15. The lowest BCUT2D eigenvalue weighted by atomic mass is 10.1. The summed E-state index contributed by atoms with van der Waals surface area (Å²) in [5.41, 5.74) is 4.05. The SMILES string of the molecule is Cc1ccc(CNc2ccc(NC(=O)Cc3ccc(F)cc3)nc2)cc1. The number of hydrogen-bond acceptors (Lipinski definition) is 3. The minimum atomic E-state index is -0.315. The van der Waals surface area contributed by atoms with Crippen LogP contribution < -0.4 is 10.6 Å². The second-order valence-corrected chi connectivity index (χ2v) is 6.12. The van der Waals surface area contributed by atoms with Crippen LogP contribution in [-0.2, 0) is 17.8 Å². The average Bonchev–Trinajstić information content (AvgIpc) is 2.64. The quantitative estimate of drug-likeness (QED) is 0.697. The van der Waals surface area contributed by atoms with Gasteiger partial charge in [-0.05, 0) is 42.3 Å². The van der Waals surface area contributed by atoms with E-state index in [9.17, 15) is 9.18 Å². The normalized spacial score (nSPS) is 10.4. The van der Waals surface area contributed by atoms with Crippen molar-refractivity contribution >= 4 is 17.4 Å². The van der Waals surface area contributed by atoms with Crippen LogP contribution in [0, 0.1) is 12.7 Å². The lowest BCUT2D eigenvalue weighted by Gasteiger charge is -2.08. The predicted octanol–water partition coefficient (Wildman–Crippen LogP) is 4.32. The van der Waals surface area contributed by atoms with Gasteiger partial charge in [-0.3, -0.25) is 4.79 Å². The van der Waals surface area contributed by atoms with Gasteiger partial charge in [-0.25, -0.2) is 9.37 Å². The number of amides is 1. The van der Waals surface area contributed by atoms with Gasteiger partial charge < -0.3 is 10.6 Å². The fraction of sp³-hybridized carbons (Fsp3) is 0.143. The van der Waals surface area contributed by atoms with Crippen LogP contribution in [-0.4, -0.2) is 10.9 Å². The number of halogens is 1. The van der Waals surface area contributed by atoms with Gasteiger partial charge in [0.1, 0.15) is 11.6 Å². The smallest absolute Gasteiger partial charge is 0.229 e. The van der Waals surface area contributed by atoms with Gasteiger partial charge >= 0.3 is 0 Å². The first kappa shape index (κ1) is 17.6. The molecule has 1 amide bonds. The van der Waals surface area contributed by atoms with E-state index in [-0.39, 0.29) is 18.1 Å². The van der Waals surface area contributed by atoms with Gasteiger partial charge in [0.2, 0.25) is 5.91 Å². The molecule has 0 fully saturated rings. The molecular weight excluding hydrogens is 329 g/mol. The number of rotatable bonds is 6. The highest BCUT2D eigenvalue weighted by Gasteiger charge is 2.05. The Labute approximate surface area is 152 Å². The van der Waals surface area contributed by atoms with E-state index in [0.717, 1.165) is 11.3 Å². The maximum atomic E-state index is 12.9. The fourth-order valence-electron chi connectivity index (χ4n) is 2.46. The zero-order chi connectivity index (χ0) is 18.4. The summed E-state index contributed by atoms with van der Waals surface area (Å²) < 4.78 is 12.9. The molecule has 1 aromatic heterocycles. The highest BCUT2D eigenvalue weighted by molar-refractivity contribution is 5.91. The van der Waals surface area contributed by atoms with E-state index in [2.05, 4.69) is 46.8 Å². The number of hydrogen-bond donors (Lipinski definition) is 2. The highest BCUT2D eigenvalue weighted by Crippen LogP contribution is 2.12. The Morgan fingerprint density at radius 3 is 2.31 bits per heavy atom. The van der Waals surface area contributed by atoms with Crippen molar-refractivity contribution in [1.29, 1.82) is 0 Å². The van der Waals surface area contributed by atoms with Crippen molar-refractivity contribution in [3.63, 3.8) is 0 Å². The van der Waals surface area contributed by atoms with Crippen molar-refractivity contribution in [2.45, 2.75) is 19.9 Å². The van der Waals surface area contributed by atoms with Crippen molar-refractivity contribution in [3.05, 3.63) is 89.4 Å². The van der Waals surface area contributed by atoms with Crippen LogP contribution in [0.2, 0.25) is 0 Å². The third-order valence-corrected chi connectivity index (χ3v) is 3.93. The number of nitrogens with zero attached hydrogens (tertiary/aromatic N) is 1. The minimum absolute atomic E-state index is 0.176. The Bertz CT molecular complexity index is 859. The molecule has 0 aliphatic rings. The Kier molecular flexibility index (Phi) is 5.59. The molecule has 0 saturated heterocycles. The molecule has 2 N–H and O–H groups in total. The van der Waals surface area contributed by atoms with Gasteiger partial charge in [-0.2, -0.15) is 0 Å². The summed E-state index contributed by atoms with van der Waals surface area (Å²) in [6.45, 7) is 2.77. The Morgan fingerprint density at radius 1 is 0.962 bits per heavy atom. The van der Waals surface area contributed by atoms with Gasteiger partial charge in [0.15, 0.2) is 0 Å². The molecule has 0 spiro atoms. The molecular formula is C21H20FN3O. The van der Waals surface area contributed by atoms with E-state index >= 15 is 0 Å². The first-order chi connectivity index (χ1) is 12.6. The van der Waals surface area contributed by atoms with Crippen LogP contribution in [0.15, 0.2) is 66.9 Å². The van der Waals surface area contributed by atoms with E-state index in [1.54, 1.807) is 24.4 Å². The van der Waals surface area contributed by atoms with E-state index in [1.807, 2.05) is 6.07 Å². The van der Waals surface area contributed by atoms with Gasteiger partial charge in [0.25, 0.3) is 0 Å². The zero-order valence-electron chi connectivity index (χ0n) is 14.5. The molecule has 3 rings (SSSR count). The minimum Gasteiger partial charge on any atom is -0.380 e. The summed E-state index contributed by atoms with van der Waals surface area (Å²) in [5, 5.41) is 6.04. The topological polar surface area (TPSA) is 54.0 Å². The molecule has 2 aromatic carbocycles. The van der Waals surface area contributed by atoms with Gasteiger partial charge in [-0.1, -0.05) is 42.0 Å². The van der Waals surface area contributed by atoms with Crippen molar-refractivity contribution in [2.24, 2.45) is 0 Å². The van der Waals surface area contributed by atoms with Crippen LogP contribution in [0.5, 0.6) is 0 Å². The van der Waals surface area contributed by atoms with Crippen molar-refractivity contribution in [1.82, 2.24) is 4.98 Å². The third kappa shape index (κ3) is 5.14. The van der Waals surface area contributed by atoms with Crippen LogP contribution in [0.25, 0.3) is 0 Å². The number of aromatic nitrogens is 1. The molecule has 0 aliphatic heterocycles. The lowest BCUT2D eigenvalue weighted by molar-refractivity contribution is -0.115. The van der Waals surface area contributed by atoms with Gasteiger partial charge in [0.05, 0.1) is 18.3 Å². The predicted molar refractivity (Wildman–Crippen MR) is 101 cm³/mol. The zero-order valence-corrected chi connectivity index (χ0v) is 14.5. The summed E-state index contributed by atoms with van der Waals surface area (Å²) in [4.78, 5) is 16.3. The van der Waals surface area contributed by atoms with Crippen LogP contribution in [0.3, 0.4) is 0 Å². The fourth-order valence-corrected chi connectivity index (χ4v) is 2.46. The highest BCUT2D eigenvalue weighted by atomic mass is 19.1. The summed E-state index contributed by atoms with van der Waals surface area (Å²) in [6, 6.07) is 17.8. The molecule has 0 aliphatic carbocycles. The summed E-state index contributed by atoms with van der Waals surface area (Å²) >= 11 is 0. The molecule has 132 valence electrons. The number of carbonyl (C=O) groups excluding carboxylic acids is 1. The average molecular weight is 349 g/mol. The molecule has 5 heteroatoms. The number of aryl methyl sites for hydroxylation is 1. The monoisotopic (exact) mass is 349 g/mol. The number of nitrogens with one attached hydrogen (secondary N) is 2.